The number of fused-ring (bicyclic) bond motifs is 5. The van der Waals surface area contributed by atoms with Gasteiger partial charge in [-0.2, -0.15) is 5.26 Å². The Balaban J connectivity index is 1.54. The highest BCUT2D eigenvalue weighted by molar-refractivity contribution is 6.23. The van der Waals surface area contributed by atoms with Crippen molar-refractivity contribution in [2.75, 3.05) is 18.1 Å². The van der Waals surface area contributed by atoms with E-state index in [-0.39, 0.29) is 11.8 Å². The standard InChI is InChI=1S/C18H14N2O5/c19-9-10-1-3-11(4-2-10)20-15(21)13-12-5-6-18(25-12,14(13)16(20)22)17-23-7-8-24-17/h1-6,12-14,17H,7-8H2/t12-,13+,14+,18-/m1/s1. The van der Waals surface area contributed by atoms with E-state index < -0.39 is 29.8 Å². The number of benzene rings is 1. The molecule has 5 rings (SSSR count). The van der Waals surface area contributed by atoms with Gasteiger partial charge in [-0.25, -0.2) is 4.90 Å². The number of anilines is 1. The summed E-state index contributed by atoms with van der Waals surface area (Å²) in [6, 6.07) is 8.43. The van der Waals surface area contributed by atoms with Crippen molar-refractivity contribution in [3.63, 3.8) is 0 Å². The van der Waals surface area contributed by atoms with Crippen molar-refractivity contribution in [3.8, 4) is 6.07 Å². The molecule has 7 heteroatoms. The monoisotopic (exact) mass is 338 g/mol. The summed E-state index contributed by atoms with van der Waals surface area (Å²) >= 11 is 0. The Labute approximate surface area is 143 Å². The Morgan fingerprint density at radius 2 is 1.84 bits per heavy atom. The van der Waals surface area contributed by atoms with Gasteiger partial charge < -0.3 is 14.2 Å². The Hall–Kier alpha value is -2.53. The molecule has 3 saturated heterocycles. The number of rotatable bonds is 2. The number of carbonyl (C=O) groups excluding carboxylic acids is 2. The molecule has 4 atom stereocenters. The Morgan fingerprint density at radius 1 is 1.12 bits per heavy atom. The molecule has 4 heterocycles. The van der Waals surface area contributed by atoms with Crippen LogP contribution in [-0.4, -0.2) is 43.0 Å². The topological polar surface area (TPSA) is 88.9 Å². The summed E-state index contributed by atoms with van der Waals surface area (Å²) in [5.41, 5.74) is -0.108. The lowest BCUT2D eigenvalue weighted by Gasteiger charge is -2.32. The van der Waals surface area contributed by atoms with E-state index in [1.54, 1.807) is 24.3 Å². The number of ether oxygens (including phenoxy) is 3. The number of hydrogen-bond acceptors (Lipinski definition) is 6. The van der Waals surface area contributed by atoms with Crippen LogP contribution in [0.3, 0.4) is 0 Å². The van der Waals surface area contributed by atoms with Crippen LogP contribution in [0.2, 0.25) is 0 Å². The van der Waals surface area contributed by atoms with E-state index >= 15 is 0 Å². The SMILES string of the molecule is N#Cc1ccc(N2C(=O)[C@@H]3[C@@H](C2=O)[C@@]2(C4OCCO4)C=C[C@H]3O2)cc1. The zero-order chi connectivity index (χ0) is 17.2. The van der Waals surface area contributed by atoms with Crippen molar-refractivity contribution >= 4 is 17.5 Å². The van der Waals surface area contributed by atoms with Gasteiger partial charge in [0, 0.05) is 0 Å². The summed E-state index contributed by atoms with van der Waals surface area (Å²) in [4.78, 5) is 27.3. The third-order valence-electron chi connectivity index (χ3n) is 5.32. The molecule has 4 aliphatic heterocycles. The van der Waals surface area contributed by atoms with Crippen molar-refractivity contribution in [1.82, 2.24) is 0 Å². The predicted octanol–water partition coefficient (Wildman–Crippen LogP) is 0.744. The highest BCUT2D eigenvalue weighted by atomic mass is 16.7. The zero-order valence-electron chi connectivity index (χ0n) is 13.1. The molecule has 126 valence electrons. The van der Waals surface area contributed by atoms with E-state index in [0.717, 1.165) is 0 Å². The van der Waals surface area contributed by atoms with Gasteiger partial charge >= 0.3 is 0 Å². The third kappa shape index (κ3) is 1.79. The van der Waals surface area contributed by atoms with Crippen molar-refractivity contribution in [2.24, 2.45) is 11.8 Å². The highest BCUT2D eigenvalue weighted by Gasteiger charge is 2.71. The molecule has 0 saturated carbocycles. The smallest absolute Gasteiger partial charge is 0.241 e. The fourth-order valence-electron chi connectivity index (χ4n) is 4.27. The summed E-state index contributed by atoms with van der Waals surface area (Å²) in [6.45, 7) is 0.875. The average Bonchev–Trinajstić information content (AvgIpc) is 3.39. The van der Waals surface area contributed by atoms with Crippen LogP contribution in [0, 0.1) is 23.2 Å². The molecule has 3 fully saturated rings. The summed E-state index contributed by atoms with van der Waals surface area (Å²) < 4.78 is 17.2. The van der Waals surface area contributed by atoms with Crippen LogP contribution in [0.15, 0.2) is 36.4 Å². The van der Waals surface area contributed by atoms with Gasteiger partial charge in [0.1, 0.15) is 0 Å². The van der Waals surface area contributed by atoms with Gasteiger partial charge in [0.25, 0.3) is 0 Å². The van der Waals surface area contributed by atoms with Crippen LogP contribution in [0.5, 0.6) is 0 Å². The fourth-order valence-corrected chi connectivity index (χ4v) is 4.27. The maximum atomic E-state index is 13.1. The largest absolute Gasteiger partial charge is 0.357 e. The lowest BCUT2D eigenvalue weighted by molar-refractivity contribution is -0.180. The highest BCUT2D eigenvalue weighted by Crippen LogP contribution is 2.55. The summed E-state index contributed by atoms with van der Waals surface area (Å²) in [5.74, 6) is -1.82. The van der Waals surface area contributed by atoms with Crippen LogP contribution >= 0.6 is 0 Å². The number of imide groups is 1. The second-order valence-electron chi connectivity index (χ2n) is 6.54. The van der Waals surface area contributed by atoms with Gasteiger partial charge in [0.2, 0.25) is 11.8 Å². The van der Waals surface area contributed by atoms with Gasteiger partial charge in [0.05, 0.1) is 48.5 Å². The molecular weight excluding hydrogens is 324 g/mol. The van der Waals surface area contributed by atoms with Crippen molar-refractivity contribution in [3.05, 3.63) is 42.0 Å². The first-order chi connectivity index (χ1) is 12.2. The first-order valence-corrected chi connectivity index (χ1v) is 8.14. The Bertz CT molecular complexity index is 836. The molecule has 2 amide bonds. The van der Waals surface area contributed by atoms with E-state index in [2.05, 4.69) is 0 Å². The normalized spacial score (nSPS) is 36.3. The molecule has 0 aromatic heterocycles. The molecule has 0 N–H and O–H groups in total. The number of hydrogen-bond donors (Lipinski definition) is 0. The van der Waals surface area contributed by atoms with E-state index in [1.807, 2.05) is 18.2 Å². The quantitative estimate of drug-likeness (QED) is 0.584. The average molecular weight is 338 g/mol. The molecular formula is C18H14N2O5. The minimum absolute atomic E-state index is 0.283. The molecule has 2 bridgehead atoms. The minimum atomic E-state index is -1.04. The summed E-state index contributed by atoms with van der Waals surface area (Å²) in [6.07, 6.45) is 2.50. The molecule has 0 radical (unpaired) electrons. The van der Waals surface area contributed by atoms with Crippen LogP contribution in [0.25, 0.3) is 0 Å². The molecule has 0 unspecified atom stereocenters. The predicted molar refractivity (Wildman–Crippen MR) is 83.1 cm³/mol. The van der Waals surface area contributed by atoms with Crippen LogP contribution in [0.1, 0.15) is 5.56 Å². The Morgan fingerprint density at radius 3 is 2.52 bits per heavy atom. The van der Waals surface area contributed by atoms with Gasteiger partial charge in [0.15, 0.2) is 11.9 Å². The van der Waals surface area contributed by atoms with Gasteiger partial charge in [-0.15, -0.1) is 0 Å². The molecule has 0 aliphatic carbocycles. The summed E-state index contributed by atoms with van der Waals surface area (Å²) in [7, 11) is 0. The van der Waals surface area contributed by atoms with Crippen LogP contribution in [0.4, 0.5) is 5.69 Å². The molecule has 7 nitrogen and oxygen atoms in total. The number of nitriles is 1. The van der Waals surface area contributed by atoms with Crippen molar-refractivity contribution < 1.29 is 23.8 Å². The number of carbonyl (C=O) groups is 2. The van der Waals surface area contributed by atoms with Gasteiger partial charge in [-0.3, -0.25) is 9.59 Å². The lowest BCUT2D eigenvalue weighted by atomic mass is 9.76. The van der Waals surface area contributed by atoms with E-state index in [1.165, 1.54) is 4.90 Å². The second-order valence-corrected chi connectivity index (χ2v) is 6.54. The van der Waals surface area contributed by atoms with E-state index in [4.69, 9.17) is 19.5 Å². The fraction of sp³-hybridized carbons (Fsp3) is 0.389. The minimum Gasteiger partial charge on any atom is -0.357 e. The molecule has 25 heavy (non-hydrogen) atoms. The Kier molecular flexibility index (Phi) is 2.95. The first-order valence-electron chi connectivity index (χ1n) is 8.14. The summed E-state index contributed by atoms with van der Waals surface area (Å²) in [5, 5.41) is 8.91. The van der Waals surface area contributed by atoms with Gasteiger partial charge in [-0.05, 0) is 30.3 Å². The van der Waals surface area contributed by atoms with Crippen molar-refractivity contribution in [1.29, 1.82) is 5.26 Å². The third-order valence-corrected chi connectivity index (χ3v) is 5.32. The maximum Gasteiger partial charge on any atom is 0.241 e. The van der Waals surface area contributed by atoms with Gasteiger partial charge in [-0.1, -0.05) is 6.08 Å². The van der Waals surface area contributed by atoms with Crippen molar-refractivity contribution in [2.45, 2.75) is 18.0 Å². The van der Waals surface area contributed by atoms with Crippen LogP contribution < -0.4 is 4.90 Å². The zero-order valence-corrected chi connectivity index (χ0v) is 13.1. The number of nitrogens with zero attached hydrogens (tertiary/aromatic N) is 2. The first kappa shape index (κ1) is 14.8. The van der Waals surface area contributed by atoms with E-state index in [0.29, 0.717) is 24.5 Å². The maximum absolute atomic E-state index is 13.1. The molecule has 1 aromatic carbocycles. The molecule has 0 spiro atoms. The molecule has 1 aromatic rings. The van der Waals surface area contributed by atoms with Crippen LogP contribution in [-0.2, 0) is 23.8 Å². The number of amides is 2. The molecule has 4 aliphatic rings. The van der Waals surface area contributed by atoms with E-state index in [9.17, 15) is 9.59 Å². The second kappa shape index (κ2) is 4.99. The lowest BCUT2D eigenvalue weighted by Crippen LogP contribution is -2.49.